The number of nitrogens with zero attached hydrogens (tertiary/aromatic N) is 2. The topological polar surface area (TPSA) is 59.2 Å². The highest BCUT2D eigenvalue weighted by atomic mass is 16.2. The predicted molar refractivity (Wildman–Crippen MR) is 76.6 cm³/mol. The molecule has 4 nitrogen and oxygen atoms in total. The normalized spacial score (nSPS) is 22.2. The SMILES string of the molecule is NC1CC(=O)N(Cc2ccccc2)C1c1cccnc1. The first-order chi connectivity index (χ1) is 9.75. The molecule has 1 saturated heterocycles. The second kappa shape index (κ2) is 5.43. The summed E-state index contributed by atoms with van der Waals surface area (Å²) in [5.74, 6) is 0.107. The molecule has 1 amide bonds. The standard InChI is InChI=1S/C16H17N3O/c17-14-9-15(20)19(11-12-5-2-1-3-6-12)16(14)13-7-4-8-18-10-13/h1-8,10,14,16H,9,11,17H2. The summed E-state index contributed by atoms with van der Waals surface area (Å²) < 4.78 is 0. The van der Waals surface area contributed by atoms with Crippen LogP contribution in [0.15, 0.2) is 54.9 Å². The van der Waals surface area contributed by atoms with Gasteiger partial charge in [0, 0.05) is 31.4 Å². The Morgan fingerprint density at radius 1 is 1.20 bits per heavy atom. The molecule has 4 heteroatoms. The summed E-state index contributed by atoms with van der Waals surface area (Å²) in [5, 5.41) is 0. The Kier molecular flexibility index (Phi) is 3.48. The molecular formula is C16H17N3O. The number of amides is 1. The maximum atomic E-state index is 12.2. The van der Waals surface area contributed by atoms with Gasteiger partial charge in [0.25, 0.3) is 0 Å². The van der Waals surface area contributed by atoms with Gasteiger partial charge in [-0.05, 0) is 17.2 Å². The van der Waals surface area contributed by atoms with Crippen molar-refractivity contribution in [2.45, 2.75) is 25.0 Å². The first kappa shape index (κ1) is 12.8. The van der Waals surface area contributed by atoms with E-state index < -0.39 is 0 Å². The van der Waals surface area contributed by atoms with Crippen LogP contribution in [-0.4, -0.2) is 21.8 Å². The third-order valence-electron chi connectivity index (χ3n) is 3.69. The maximum absolute atomic E-state index is 12.2. The van der Waals surface area contributed by atoms with Crippen molar-refractivity contribution in [2.24, 2.45) is 5.73 Å². The zero-order chi connectivity index (χ0) is 13.9. The number of pyridine rings is 1. The van der Waals surface area contributed by atoms with Gasteiger partial charge in [-0.2, -0.15) is 0 Å². The molecule has 1 aromatic carbocycles. The second-order valence-corrected chi connectivity index (χ2v) is 5.11. The minimum absolute atomic E-state index is 0.0867. The fourth-order valence-corrected chi connectivity index (χ4v) is 2.76. The van der Waals surface area contributed by atoms with Gasteiger partial charge >= 0.3 is 0 Å². The minimum atomic E-state index is -0.171. The maximum Gasteiger partial charge on any atom is 0.225 e. The number of benzene rings is 1. The minimum Gasteiger partial charge on any atom is -0.330 e. The third-order valence-corrected chi connectivity index (χ3v) is 3.69. The molecule has 0 radical (unpaired) electrons. The van der Waals surface area contributed by atoms with Crippen molar-refractivity contribution in [3.63, 3.8) is 0 Å². The Hall–Kier alpha value is -2.20. The number of nitrogens with two attached hydrogens (primary N) is 1. The smallest absolute Gasteiger partial charge is 0.225 e. The van der Waals surface area contributed by atoms with Crippen molar-refractivity contribution in [3.8, 4) is 0 Å². The quantitative estimate of drug-likeness (QED) is 0.923. The summed E-state index contributed by atoms with van der Waals surface area (Å²) in [5.41, 5.74) is 8.27. The van der Waals surface area contributed by atoms with Crippen LogP contribution in [0.1, 0.15) is 23.6 Å². The molecule has 2 atom stereocenters. The Bertz CT molecular complexity index is 585. The van der Waals surface area contributed by atoms with Crippen LogP contribution in [-0.2, 0) is 11.3 Å². The summed E-state index contributed by atoms with van der Waals surface area (Å²) in [4.78, 5) is 18.2. The Morgan fingerprint density at radius 3 is 2.70 bits per heavy atom. The molecule has 2 heterocycles. The Balaban J connectivity index is 1.89. The molecule has 0 spiro atoms. The number of hydrogen-bond donors (Lipinski definition) is 1. The van der Waals surface area contributed by atoms with Crippen molar-refractivity contribution >= 4 is 5.91 Å². The number of carbonyl (C=O) groups excluding carboxylic acids is 1. The van der Waals surface area contributed by atoms with Gasteiger partial charge in [-0.3, -0.25) is 9.78 Å². The van der Waals surface area contributed by atoms with E-state index in [2.05, 4.69) is 4.98 Å². The highest BCUT2D eigenvalue weighted by Gasteiger charge is 2.38. The van der Waals surface area contributed by atoms with Crippen LogP contribution >= 0.6 is 0 Å². The number of likely N-dealkylation sites (tertiary alicyclic amines) is 1. The van der Waals surface area contributed by atoms with Gasteiger partial charge in [0.15, 0.2) is 0 Å². The zero-order valence-corrected chi connectivity index (χ0v) is 11.1. The largest absolute Gasteiger partial charge is 0.330 e. The lowest BCUT2D eigenvalue weighted by molar-refractivity contribution is -0.129. The van der Waals surface area contributed by atoms with Crippen molar-refractivity contribution in [2.75, 3.05) is 0 Å². The van der Waals surface area contributed by atoms with E-state index >= 15 is 0 Å². The van der Waals surface area contributed by atoms with Crippen LogP contribution in [0.3, 0.4) is 0 Å². The molecule has 1 aromatic heterocycles. The van der Waals surface area contributed by atoms with Crippen LogP contribution in [0.25, 0.3) is 0 Å². The number of aromatic nitrogens is 1. The molecule has 0 saturated carbocycles. The van der Waals surface area contributed by atoms with Crippen LogP contribution in [0, 0.1) is 0 Å². The lowest BCUT2D eigenvalue weighted by Gasteiger charge is -2.27. The van der Waals surface area contributed by atoms with Gasteiger partial charge < -0.3 is 10.6 Å². The van der Waals surface area contributed by atoms with Crippen molar-refractivity contribution in [3.05, 3.63) is 66.0 Å². The van der Waals surface area contributed by atoms with Gasteiger partial charge in [0.05, 0.1) is 6.04 Å². The Labute approximate surface area is 118 Å². The van der Waals surface area contributed by atoms with Gasteiger partial charge in [-0.1, -0.05) is 36.4 Å². The molecule has 1 aliphatic rings. The molecule has 0 aliphatic carbocycles. The molecule has 20 heavy (non-hydrogen) atoms. The molecule has 102 valence electrons. The number of carbonyl (C=O) groups is 1. The lowest BCUT2D eigenvalue weighted by atomic mass is 10.0. The van der Waals surface area contributed by atoms with E-state index in [1.807, 2.05) is 47.4 Å². The van der Waals surface area contributed by atoms with Gasteiger partial charge in [-0.15, -0.1) is 0 Å². The third kappa shape index (κ3) is 2.42. The molecule has 2 N–H and O–H groups in total. The summed E-state index contributed by atoms with van der Waals surface area (Å²) in [6.45, 7) is 0.590. The molecule has 1 fully saturated rings. The lowest BCUT2D eigenvalue weighted by Crippen LogP contribution is -2.32. The van der Waals surface area contributed by atoms with E-state index in [-0.39, 0.29) is 18.0 Å². The van der Waals surface area contributed by atoms with E-state index in [1.165, 1.54) is 0 Å². The van der Waals surface area contributed by atoms with Crippen LogP contribution in [0.4, 0.5) is 0 Å². The van der Waals surface area contributed by atoms with E-state index in [4.69, 9.17) is 5.73 Å². The average molecular weight is 267 g/mol. The van der Waals surface area contributed by atoms with E-state index in [0.717, 1.165) is 11.1 Å². The number of rotatable bonds is 3. The highest BCUT2D eigenvalue weighted by Crippen LogP contribution is 2.32. The summed E-state index contributed by atoms with van der Waals surface area (Å²) in [7, 11) is 0. The van der Waals surface area contributed by atoms with Crippen LogP contribution in [0.2, 0.25) is 0 Å². The molecule has 2 aromatic rings. The summed E-state index contributed by atoms with van der Waals surface area (Å²) in [6.07, 6.45) is 3.92. The van der Waals surface area contributed by atoms with Crippen molar-refractivity contribution in [1.82, 2.24) is 9.88 Å². The fraction of sp³-hybridized carbons (Fsp3) is 0.250. The van der Waals surface area contributed by atoms with Crippen molar-refractivity contribution < 1.29 is 4.79 Å². The molecule has 2 unspecified atom stereocenters. The molecule has 0 bridgehead atoms. The van der Waals surface area contributed by atoms with Crippen LogP contribution in [0.5, 0.6) is 0 Å². The molecule has 1 aliphatic heterocycles. The highest BCUT2D eigenvalue weighted by molar-refractivity contribution is 5.80. The fourth-order valence-electron chi connectivity index (χ4n) is 2.76. The monoisotopic (exact) mass is 267 g/mol. The molecule has 3 rings (SSSR count). The first-order valence-electron chi connectivity index (χ1n) is 6.74. The van der Waals surface area contributed by atoms with Gasteiger partial charge in [0.1, 0.15) is 0 Å². The van der Waals surface area contributed by atoms with E-state index in [1.54, 1.807) is 12.4 Å². The van der Waals surface area contributed by atoms with E-state index in [9.17, 15) is 4.79 Å². The number of hydrogen-bond acceptors (Lipinski definition) is 3. The Morgan fingerprint density at radius 2 is 2.00 bits per heavy atom. The molecular weight excluding hydrogens is 250 g/mol. The van der Waals surface area contributed by atoms with Crippen molar-refractivity contribution in [1.29, 1.82) is 0 Å². The predicted octanol–water partition coefficient (Wildman–Crippen LogP) is 1.88. The van der Waals surface area contributed by atoms with E-state index in [0.29, 0.717) is 13.0 Å². The summed E-state index contributed by atoms with van der Waals surface area (Å²) in [6, 6.07) is 13.6. The van der Waals surface area contributed by atoms with Crippen LogP contribution < -0.4 is 5.73 Å². The van der Waals surface area contributed by atoms with Gasteiger partial charge in [-0.25, -0.2) is 0 Å². The second-order valence-electron chi connectivity index (χ2n) is 5.11. The first-order valence-corrected chi connectivity index (χ1v) is 6.74. The zero-order valence-electron chi connectivity index (χ0n) is 11.1. The van der Waals surface area contributed by atoms with Gasteiger partial charge in [0.2, 0.25) is 5.91 Å². The summed E-state index contributed by atoms with van der Waals surface area (Å²) >= 11 is 0. The average Bonchev–Trinajstić information content (AvgIpc) is 2.75.